The van der Waals surface area contributed by atoms with E-state index in [0.29, 0.717) is 24.5 Å². The Morgan fingerprint density at radius 2 is 1.78 bits per heavy atom. The van der Waals surface area contributed by atoms with Gasteiger partial charge in [-0.15, -0.1) is 0 Å². The van der Waals surface area contributed by atoms with Gasteiger partial charge in [-0.2, -0.15) is 0 Å². The van der Waals surface area contributed by atoms with Gasteiger partial charge in [-0.1, -0.05) is 30.3 Å². The van der Waals surface area contributed by atoms with E-state index in [2.05, 4.69) is 20.6 Å². The Labute approximate surface area is 155 Å². The molecule has 1 heterocycles. The summed E-state index contributed by atoms with van der Waals surface area (Å²) in [6.07, 6.45) is 1.95. The van der Waals surface area contributed by atoms with Crippen LogP contribution in [0.5, 0.6) is 0 Å². The van der Waals surface area contributed by atoms with Gasteiger partial charge in [0.15, 0.2) is 0 Å². The van der Waals surface area contributed by atoms with Crippen molar-refractivity contribution >= 4 is 11.9 Å². The van der Waals surface area contributed by atoms with Gasteiger partial charge in [-0.3, -0.25) is 4.79 Å². The smallest absolute Gasteiger partial charge is 0.270 e. The third kappa shape index (κ3) is 5.31. The lowest BCUT2D eigenvalue weighted by atomic mass is 10.1. The van der Waals surface area contributed by atoms with E-state index >= 15 is 0 Å². The highest BCUT2D eigenvalue weighted by Crippen LogP contribution is 2.08. The van der Waals surface area contributed by atoms with Crippen molar-refractivity contribution in [3.63, 3.8) is 0 Å². The summed E-state index contributed by atoms with van der Waals surface area (Å²) in [7, 11) is 0. The molecule has 0 saturated carbocycles. The highest BCUT2D eigenvalue weighted by Gasteiger charge is 2.09. The maximum Gasteiger partial charge on any atom is 0.270 e. The number of carbonyl (C=O) groups excluding carboxylic acids is 1. The molecule has 0 aliphatic carbocycles. The molecule has 27 heavy (non-hydrogen) atoms. The van der Waals surface area contributed by atoms with Gasteiger partial charge in [0.2, 0.25) is 5.95 Å². The van der Waals surface area contributed by atoms with Crippen molar-refractivity contribution in [1.29, 1.82) is 0 Å². The lowest BCUT2D eigenvalue weighted by Crippen LogP contribution is -2.24. The number of carbonyl (C=O) groups is 1. The van der Waals surface area contributed by atoms with Crippen molar-refractivity contribution in [3.05, 3.63) is 89.2 Å². The zero-order valence-corrected chi connectivity index (χ0v) is 14.5. The second kappa shape index (κ2) is 8.84. The minimum Gasteiger partial charge on any atom is -0.354 e. The molecular formula is C20H18F2N4O. The highest BCUT2D eigenvalue weighted by atomic mass is 19.1. The molecule has 2 N–H and O–H groups in total. The molecule has 0 saturated heterocycles. The maximum absolute atomic E-state index is 13.6. The van der Waals surface area contributed by atoms with Crippen molar-refractivity contribution in [2.45, 2.75) is 13.0 Å². The van der Waals surface area contributed by atoms with Crippen LogP contribution in [0.2, 0.25) is 0 Å². The second-order valence-corrected chi connectivity index (χ2v) is 5.84. The van der Waals surface area contributed by atoms with E-state index in [9.17, 15) is 13.6 Å². The van der Waals surface area contributed by atoms with Crippen LogP contribution in [0, 0.1) is 11.6 Å². The number of anilines is 1. The summed E-state index contributed by atoms with van der Waals surface area (Å²) in [5, 5.41) is 5.71. The molecule has 3 rings (SSSR count). The second-order valence-electron chi connectivity index (χ2n) is 5.84. The fourth-order valence-corrected chi connectivity index (χ4v) is 2.46. The number of nitrogens with one attached hydrogen (secondary N) is 2. The zero-order chi connectivity index (χ0) is 19.1. The van der Waals surface area contributed by atoms with Crippen molar-refractivity contribution in [2.75, 3.05) is 11.9 Å². The van der Waals surface area contributed by atoms with Gasteiger partial charge in [0.1, 0.15) is 17.3 Å². The fourth-order valence-electron chi connectivity index (χ4n) is 2.46. The largest absolute Gasteiger partial charge is 0.354 e. The van der Waals surface area contributed by atoms with Gasteiger partial charge in [-0.25, -0.2) is 18.7 Å². The SMILES string of the molecule is O=C(NCc1ccc(F)cc1)c1ccnc(NCCc2ccccc2F)n1. The number of halogens is 2. The molecule has 1 amide bonds. The molecule has 5 nitrogen and oxygen atoms in total. The van der Waals surface area contributed by atoms with Gasteiger partial charge in [0, 0.05) is 19.3 Å². The van der Waals surface area contributed by atoms with Crippen LogP contribution in [0.15, 0.2) is 60.8 Å². The van der Waals surface area contributed by atoms with Crippen LogP contribution in [0.1, 0.15) is 21.6 Å². The Balaban J connectivity index is 1.53. The molecule has 0 unspecified atom stereocenters. The van der Waals surface area contributed by atoms with Crippen LogP contribution >= 0.6 is 0 Å². The lowest BCUT2D eigenvalue weighted by Gasteiger charge is -2.08. The quantitative estimate of drug-likeness (QED) is 0.671. The first kappa shape index (κ1) is 18.4. The molecule has 0 spiro atoms. The molecule has 3 aromatic rings. The molecule has 138 valence electrons. The van der Waals surface area contributed by atoms with E-state index in [1.807, 2.05) is 0 Å². The molecule has 2 aromatic carbocycles. The summed E-state index contributed by atoms with van der Waals surface area (Å²) >= 11 is 0. The summed E-state index contributed by atoms with van der Waals surface area (Å²) in [4.78, 5) is 20.5. The van der Waals surface area contributed by atoms with Crippen molar-refractivity contribution in [2.24, 2.45) is 0 Å². The summed E-state index contributed by atoms with van der Waals surface area (Å²) < 4.78 is 26.5. The first-order chi connectivity index (χ1) is 13.1. The zero-order valence-electron chi connectivity index (χ0n) is 14.5. The van der Waals surface area contributed by atoms with Crippen molar-refractivity contribution < 1.29 is 13.6 Å². The first-order valence-electron chi connectivity index (χ1n) is 8.45. The van der Waals surface area contributed by atoms with E-state index in [1.54, 1.807) is 30.3 Å². The van der Waals surface area contributed by atoms with Crippen LogP contribution in [0.3, 0.4) is 0 Å². The molecule has 0 fully saturated rings. The third-order valence-corrected chi connectivity index (χ3v) is 3.89. The molecule has 1 aromatic heterocycles. The molecular weight excluding hydrogens is 350 g/mol. The monoisotopic (exact) mass is 368 g/mol. The Hall–Kier alpha value is -3.35. The lowest BCUT2D eigenvalue weighted by molar-refractivity contribution is 0.0946. The Kier molecular flexibility index (Phi) is 6.04. The first-order valence-corrected chi connectivity index (χ1v) is 8.45. The summed E-state index contributed by atoms with van der Waals surface area (Å²) in [6, 6.07) is 13.9. The minimum atomic E-state index is -0.362. The maximum atomic E-state index is 13.6. The number of amides is 1. The van der Waals surface area contributed by atoms with Crippen molar-refractivity contribution in [3.8, 4) is 0 Å². The standard InChI is InChI=1S/C20H18F2N4O/c21-16-7-5-14(6-8-16)13-25-19(27)18-10-12-24-20(26-18)23-11-9-15-3-1-2-4-17(15)22/h1-8,10,12H,9,11,13H2,(H,25,27)(H,23,24,26). The van der Waals surface area contributed by atoms with Gasteiger partial charge in [0.25, 0.3) is 5.91 Å². The average molecular weight is 368 g/mol. The van der Waals surface area contributed by atoms with E-state index in [4.69, 9.17) is 0 Å². The van der Waals surface area contributed by atoms with Gasteiger partial charge < -0.3 is 10.6 Å². The van der Waals surface area contributed by atoms with Gasteiger partial charge in [-0.05, 0) is 41.8 Å². The molecule has 0 radical (unpaired) electrons. The van der Waals surface area contributed by atoms with Crippen LogP contribution in [-0.2, 0) is 13.0 Å². The molecule has 7 heteroatoms. The normalized spacial score (nSPS) is 10.4. The summed E-state index contributed by atoms with van der Waals surface area (Å²) in [6.45, 7) is 0.695. The molecule has 0 bridgehead atoms. The summed E-state index contributed by atoms with van der Waals surface area (Å²) in [5.74, 6) is -0.652. The van der Waals surface area contributed by atoms with Crippen LogP contribution in [0.25, 0.3) is 0 Å². The topological polar surface area (TPSA) is 66.9 Å². The van der Waals surface area contributed by atoms with E-state index in [-0.39, 0.29) is 29.8 Å². The Morgan fingerprint density at radius 1 is 1.00 bits per heavy atom. The summed E-state index contributed by atoms with van der Waals surface area (Å²) in [5.41, 5.74) is 1.58. The number of nitrogens with zero attached hydrogens (tertiary/aromatic N) is 2. The highest BCUT2D eigenvalue weighted by molar-refractivity contribution is 5.92. The van der Waals surface area contributed by atoms with Crippen LogP contribution < -0.4 is 10.6 Å². The minimum absolute atomic E-state index is 0.209. The number of hydrogen-bond acceptors (Lipinski definition) is 4. The average Bonchev–Trinajstić information content (AvgIpc) is 2.69. The van der Waals surface area contributed by atoms with E-state index < -0.39 is 0 Å². The number of hydrogen-bond donors (Lipinski definition) is 2. The Morgan fingerprint density at radius 3 is 2.56 bits per heavy atom. The molecule has 0 atom stereocenters. The third-order valence-electron chi connectivity index (χ3n) is 3.89. The number of benzene rings is 2. The van der Waals surface area contributed by atoms with Crippen molar-refractivity contribution in [1.82, 2.24) is 15.3 Å². The Bertz CT molecular complexity index is 916. The van der Waals surface area contributed by atoms with Gasteiger partial charge >= 0.3 is 0 Å². The number of aromatic nitrogens is 2. The molecule has 0 aliphatic rings. The van der Waals surface area contributed by atoms with E-state index in [1.165, 1.54) is 30.5 Å². The molecule has 0 aliphatic heterocycles. The van der Waals surface area contributed by atoms with Crippen LogP contribution in [0.4, 0.5) is 14.7 Å². The fraction of sp³-hybridized carbons (Fsp3) is 0.150. The number of rotatable bonds is 7. The predicted molar refractivity (Wildman–Crippen MR) is 98.2 cm³/mol. The predicted octanol–water partition coefficient (Wildman–Crippen LogP) is 3.34. The van der Waals surface area contributed by atoms with E-state index in [0.717, 1.165) is 5.56 Å². The van der Waals surface area contributed by atoms with Gasteiger partial charge in [0.05, 0.1) is 0 Å². The van der Waals surface area contributed by atoms with Crippen LogP contribution in [-0.4, -0.2) is 22.4 Å².